The molecule has 3 aromatic rings. The SMILES string of the molecule is COc1ccc(Br)cc1-n1c(CCl)nc2c(C)nn(C)c21. The third-order valence-corrected chi connectivity index (χ3v) is 4.11. The Kier molecular flexibility index (Phi) is 3.67. The van der Waals surface area contributed by atoms with Crippen LogP contribution in [-0.2, 0) is 12.9 Å². The first-order valence-electron chi connectivity index (χ1n) is 6.37. The fourth-order valence-corrected chi connectivity index (χ4v) is 3.03. The van der Waals surface area contributed by atoms with Gasteiger partial charge in [0.25, 0.3) is 0 Å². The lowest BCUT2D eigenvalue weighted by atomic mass is 10.3. The number of hydrogen-bond acceptors (Lipinski definition) is 3. The predicted molar refractivity (Wildman–Crippen MR) is 86.4 cm³/mol. The number of aromatic nitrogens is 4. The fourth-order valence-electron chi connectivity index (χ4n) is 2.50. The molecule has 0 aliphatic rings. The number of halogens is 2. The van der Waals surface area contributed by atoms with Crippen LogP contribution in [0, 0.1) is 6.92 Å². The van der Waals surface area contributed by atoms with Crippen LogP contribution in [-0.4, -0.2) is 26.4 Å². The van der Waals surface area contributed by atoms with Gasteiger partial charge < -0.3 is 4.74 Å². The average Bonchev–Trinajstić information content (AvgIpc) is 2.97. The maximum atomic E-state index is 6.08. The van der Waals surface area contributed by atoms with Crippen LogP contribution >= 0.6 is 27.5 Å². The normalized spacial score (nSPS) is 11.3. The second kappa shape index (κ2) is 5.35. The Morgan fingerprint density at radius 2 is 2.14 bits per heavy atom. The molecule has 7 heteroatoms. The van der Waals surface area contributed by atoms with Crippen LogP contribution in [0.4, 0.5) is 0 Å². The molecule has 0 aliphatic carbocycles. The quantitative estimate of drug-likeness (QED) is 0.663. The Morgan fingerprint density at radius 3 is 2.81 bits per heavy atom. The van der Waals surface area contributed by atoms with Crippen molar-refractivity contribution in [2.75, 3.05) is 7.11 Å². The molecule has 0 radical (unpaired) electrons. The highest BCUT2D eigenvalue weighted by molar-refractivity contribution is 9.10. The molecule has 0 spiro atoms. The van der Waals surface area contributed by atoms with E-state index in [0.29, 0.717) is 5.88 Å². The van der Waals surface area contributed by atoms with Crippen LogP contribution in [0.1, 0.15) is 11.5 Å². The molecule has 0 bridgehead atoms. The number of methoxy groups -OCH3 is 1. The monoisotopic (exact) mass is 368 g/mol. The number of rotatable bonds is 3. The molecule has 2 aromatic heterocycles. The summed E-state index contributed by atoms with van der Waals surface area (Å²) in [4.78, 5) is 4.61. The summed E-state index contributed by atoms with van der Waals surface area (Å²) in [5.41, 5.74) is 3.52. The molecule has 21 heavy (non-hydrogen) atoms. The minimum atomic E-state index is 0.309. The van der Waals surface area contributed by atoms with Crippen molar-refractivity contribution in [2.24, 2.45) is 7.05 Å². The van der Waals surface area contributed by atoms with Crippen LogP contribution in [0.3, 0.4) is 0 Å². The van der Waals surface area contributed by atoms with Gasteiger partial charge in [0, 0.05) is 11.5 Å². The van der Waals surface area contributed by atoms with Crippen molar-refractivity contribution >= 4 is 38.7 Å². The fraction of sp³-hybridized carbons (Fsp3) is 0.286. The van der Waals surface area contributed by atoms with Gasteiger partial charge in [-0.2, -0.15) is 5.10 Å². The van der Waals surface area contributed by atoms with E-state index in [9.17, 15) is 0 Å². The Bertz CT molecular complexity index is 824. The number of aryl methyl sites for hydroxylation is 2. The summed E-state index contributed by atoms with van der Waals surface area (Å²) in [6.07, 6.45) is 0. The highest BCUT2D eigenvalue weighted by atomic mass is 79.9. The Labute approximate surface area is 135 Å². The summed E-state index contributed by atoms with van der Waals surface area (Å²) in [5, 5.41) is 4.43. The number of ether oxygens (including phenoxy) is 1. The van der Waals surface area contributed by atoms with Gasteiger partial charge in [-0.15, -0.1) is 11.6 Å². The van der Waals surface area contributed by atoms with Crippen molar-refractivity contribution in [2.45, 2.75) is 12.8 Å². The molecular formula is C14H14BrClN4O. The molecule has 0 saturated carbocycles. The van der Waals surface area contributed by atoms with Gasteiger partial charge >= 0.3 is 0 Å². The Morgan fingerprint density at radius 1 is 1.38 bits per heavy atom. The summed E-state index contributed by atoms with van der Waals surface area (Å²) in [5.74, 6) is 1.82. The second-order valence-corrected chi connectivity index (χ2v) is 5.88. The van der Waals surface area contributed by atoms with Gasteiger partial charge in [0.15, 0.2) is 5.65 Å². The topological polar surface area (TPSA) is 44.9 Å². The zero-order valence-electron chi connectivity index (χ0n) is 11.9. The first-order valence-corrected chi connectivity index (χ1v) is 7.70. The van der Waals surface area contributed by atoms with Crippen molar-refractivity contribution in [3.05, 3.63) is 34.2 Å². The number of hydrogen-bond donors (Lipinski definition) is 0. The van der Waals surface area contributed by atoms with Gasteiger partial charge in [-0.25, -0.2) is 9.67 Å². The molecule has 3 rings (SSSR count). The van der Waals surface area contributed by atoms with E-state index >= 15 is 0 Å². The lowest BCUT2D eigenvalue weighted by Crippen LogP contribution is -2.06. The zero-order valence-corrected chi connectivity index (χ0v) is 14.2. The van der Waals surface area contributed by atoms with E-state index in [4.69, 9.17) is 16.3 Å². The van der Waals surface area contributed by atoms with Gasteiger partial charge in [0.05, 0.1) is 24.4 Å². The maximum absolute atomic E-state index is 6.08. The number of alkyl halides is 1. The third kappa shape index (κ3) is 2.22. The zero-order chi connectivity index (χ0) is 15.1. The molecule has 5 nitrogen and oxygen atoms in total. The van der Waals surface area contributed by atoms with E-state index in [1.165, 1.54) is 0 Å². The molecule has 0 saturated heterocycles. The van der Waals surface area contributed by atoms with Crippen molar-refractivity contribution in [3.63, 3.8) is 0 Å². The van der Waals surface area contributed by atoms with Gasteiger partial charge in [-0.05, 0) is 25.1 Å². The van der Waals surface area contributed by atoms with Gasteiger partial charge in [-0.1, -0.05) is 15.9 Å². The first-order chi connectivity index (χ1) is 10.1. The van der Waals surface area contributed by atoms with Crippen LogP contribution in [0.25, 0.3) is 16.9 Å². The van der Waals surface area contributed by atoms with Crippen molar-refractivity contribution < 1.29 is 4.74 Å². The Hall–Kier alpha value is -1.53. The van der Waals surface area contributed by atoms with Gasteiger partial charge in [0.2, 0.25) is 0 Å². The number of nitrogens with zero attached hydrogens (tertiary/aromatic N) is 4. The van der Waals surface area contributed by atoms with Crippen molar-refractivity contribution in [1.29, 1.82) is 0 Å². The summed E-state index contributed by atoms with van der Waals surface area (Å²) in [6, 6.07) is 5.83. The molecular weight excluding hydrogens is 356 g/mol. The summed E-state index contributed by atoms with van der Waals surface area (Å²) >= 11 is 9.59. The van der Waals surface area contributed by atoms with Gasteiger partial charge in [0.1, 0.15) is 17.1 Å². The molecule has 0 N–H and O–H groups in total. The van der Waals surface area contributed by atoms with Crippen LogP contribution < -0.4 is 4.74 Å². The lowest BCUT2D eigenvalue weighted by molar-refractivity contribution is 0.412. The number of imidazole rings is 1. The first kappa shape index (κ1) is 14.4. The molecule has 1 aromatic carbocycles. The van der Waals surface area contributed by atoms with E-state index in [1.807, 2.05) is 41.4 Å². The smallest absolute Gasteiger partial charge is 0.163 e. The van der Waals surface area contributed by atoms with E-state index in [0.717, 1.165) is 38.6 Å². The lowest BCUT2D eigenvalue weighted by Gasteiger charge is -2.13. The predicted octanol–water partition coefficient (Wildman–Crippen LogP) is 3.58. The second-order valence-electron chi connectivity index (χ2n) is 4.69. The van der Waals surface area contributed by atoms with Crippen molar-refractivity contribution in [1.82, 2.24) is 19.3 Å². The minimum absolute atomic E-state index is 0.309. The van der Waals surface area contributed by atoms with Crippen LogP contribution in [0.2, 0.25) is 0 Å². The molecule has 0 fully saturated rings. The molecule has 0 aliphatic heterocycles. The minimum Gasteiger partial charge on any atom is -0.495 e. The molecule has 0 amide bonds. The maximum Gasteiger partial charge on any atom is 0.163 e. The number of fused-ring (bicyclic) bond motifs is 1. The summed E-state index contributed by atoms with van der Waals surface area (Å²) < 4.78 is 10.2. The molecule has 0 atom stereocenters. The Balaban J connectivity index is 2.41. The summed E-state index contributed by atoms with van der Waals surface area (Å²) in [6.45, 7) is 1.94. The molecule has 110 valence electrons. The average molecular weight is 370 g/mol. The van der Waals surface area contributed by atoms with E-state index in [2.05, 4.69) is 26.0 Å². The van der Waals surface area contributed by atoms with Gasteiger partial charge in [-0.3, -0.25) is 4.57 Å². The summed E-state index contributed by atoms with van der Waals surface area (Å²) in [7, 11) is 3.55. The largest absolute Gasteiger partial charge is 0.495 e. The van der Waals surface area contributed by atoms with E-state index in [1.54, 1.807) is 7.11 Å². The van der Waals surface area contributed by atoms with E-state index in [-0.39, 0.29) is 0 Å². The third-order valence-electron chi connectivity index (χ3n) is 3.37. The number of benzene rings is 1. The van der Waals surface area contributed by atoms with E-state index < -0.39 is 0 Å². The van der Waals surface area contributed by atoms with Crippen LogP contribution in [0.15, 0.2) is 22.7 Å². The van der Waals surface area contributed by atoms with Crippen LogP contribution in [0.5, 0.6) is 5.75 Å². The molecule has 2 heterocycles. The standard InChI is InChI=1S/C14H14BrClN4O/c1-8-13-14(19(2)18-8)20(12(7-16)17-13)10-6-9(15)4-5-11(10)21-3/h4-6H,7H2,1-3H3. The van der Waals surface area contributed by atoms with Crippen molar-refractivity contribution in [3.8, 4) is 11.4 Å². The highest BCUT2D eigenvalue weighted by Gasteiger charge is 2.20. The highest BCUT2D eigenvalue weighted by Crippen LogP contribution is 2.32. The molecule has 0 unspecified atom stereocenters.